The molecule has 0 radical (unpaired) electrons. The number of aryl methyl sites for hydroxylation is 1. The molecule has 6 rings (SSSR count). The summed E-state index contributed by atoms with van der Waals surface area (Å²) in [7, 11) is 1.90. The first kappa shape index (κ1) is 18.6. The molecule has 32 heavy (non-hydrogen) atoms. The summed E-state index contributed by atoms with van der Waals surface area (Å²) in [6.45, 7) is 1.60. The maximum Gasteiger partial charge on any atom is 0.225 e. The number of aromatic nitrogens is 5. The minimum absolute atomic E-state index is 0.255. The Kier molecular flexibility index (Phi) is 4.21. The average Bonchev–Trinajstić information content (AvgIpc) is 3.13. The van der Waals surface area contributed by atoms with Crippen molar-refractivity contribution in [3.8, 4) is 11.3 Å². The lowest BCUT2D eigenvalue weighted by Crippen LogP contribution is -2.46. The molecular weight excluding hydrogens is 400 g/mol. The number of carbonyl (C=O) groups is 1. The molecule has 4 heterocycles. The maximum absolute atomic E-state index is 11.3. The van der Waals surface area contributed by atoms with Crippen LogP contribution in [0.5, 0.6) is 0 Å². The zero-order chi connectivity index (χ0) is 21.7. The van der Waals surface area contributed by atoms with Crippen molar-refractivity contribution in [2.75, 3.05) is 18.0 Å². The van der Waals surface area contributed by atoms with Gasteiger partial charge in [0.1, 0.15) is 0 Å². The normalized spacial score (nSPS) is 14.1. The zero-order valence-corrected chi connectivity index (χ0v) is 17.5. The molecule has 7 heteroatoms. The van der Waals surface area contributed by atoms with E-state index in [1.165, 1.54) is 0 Å². The number of carbonyl (C=O) groups excluding carboxylic acids is 1. The molecule has 0 bridgehead atoms. The van der Waals surface area contributed by atoms with Crippen molar-refractivity contribution < 1.29 is 4.79 Å². The van der Waals surface area contributed by atoms with Crippen LogP contribution >= 0.6 is 0 Å². The molecule has 0 N–H and O–H groups in total. The second-order valence-corrected chi connectivity index (χ2v) is 8.14. The SMILES string of the molecule is Cn1c(C=O)cc2cc(-c3nccnc3C3CN(c4ncc5ccccc5n4)C3)ccc21. The van der Waals surface area contributed by atoms with Crippen molar-refractivity contribution >= 4 is 34.0 Å². The number of nitrogens with zero attached hydrogens (tertiary/aromatic N) is 6. The number of fused-ring (bicyclic) bond motifs is 2. The van der Waals surface area contributed by atoms with Crippen LogP contribution in [0.2, 0.25) is 0 Å². The van der Waals surface area contributed by atoms with Gasteiger partial charge in [-0.1, -0.05) is 24.3 Å². The van der Waals surface area contributed by atoms with Crippen molar-refractivity contribution in [1.29, 1.82) is 0 Å². The predicted molar refractivity (Wildman–Crippen MR) is 124 cm³/mol. The van der Waals surface area contributed by atoms with E-state index >= 15 is 0 Å². The molecule has 1 aliphatic rings. The summed E-state index contributed by atoms with van der Waals surface area (Å²) >= 11 is 0. The molecule has 0 aliphatic carbocycles. The fourth-order valence-electron chi connectivity index (χ4n) is 4.43. The second-order valence-electron chi connectivity index (χ2n) is 8.14. The van der Waals surface area contributed by atoms with Gasteiger partial charge in [-0.05, 0) is 24.3 Å². The van der Waals surface area contributed by atoms with Crippen molar-refractivity contribution in [3.63, 3.8) is 0 Å². The minimum atomic E-state index is 0.255. The number of hydrogen-bond donors (Lipinski definition) is 0. The van der Waals surface area contributed by atoms with Crippen molar-refractivity contribution in [2.24, 2.45) is 7.05 Å². The molecule has 0 amide bonds. The molecule has 3 aromatic heterocycles. The molecule has 1 saturated heterocycles. The third-order valence-corrected chi connectivity index (χ3v) is 6.23. The fourth-order valence-corrected chi connectivity index (χ4v) is 4.43. The number of rotatable bonds is 4. The average molecular weight is 420 g/mol. The number of benzene rings is 2. The Morgan fingerprint density at radius 3 is 2.69 bits per heavy atom. The Hall–Kier alpha value is -4.13. The minimum Gasteiger partial charge on any atom is -0.341 e. The Morgan fingerprint density at radius 1 is 0.969 bits per heavy atom. The van der Waals surface area contributed by atoms with Gasteiger partial charge in [0.05, 0.1) is 22.6 Å². The van der Waals surface area contributed by atoms with Gasteiger partial charge in [0.15, 0.2) is 6.29 Å². The summed E-state index contributed by atoms with van der Waals surface area (Å²) in [5.41, 5.74) is 5.49. The van der Waals surface area contributed by atoms with Crippen LogP contribution in [0, 0.1) is 0 Å². The van der Waals surface area contributed by atoms with E-state index in [1.807, 2.05) is 60.3 Å². The van der Waals surface area contributed by atoms with Crippen LogP contribution in [-0.4, -0.2) is 43.9 Å². The predicted octanol–water partition coefficient (Wildman–Crippen LogP) is 3.99. The van der Waals surface area contributed by atoms with E-state index in [9.17, 15) is 4.79 Å². The maximum atomic E-state index is 11.3. The smallest absolute Gasteiger partial charge is 0.225 e. The first-order valence-electron chi connectivity index (χ1n) is 10.5. The monoisotopic (exact) mass is 420 g/mol. The Labute approximate surface area is 184 Å². The standard InChI is InChI=1S/C25H20N6O/c1-30-20(15-32)11-18-10-16(6-7-22(18)30)23-24(27-9-8-26-23)19-13-31(14-19)25-28-12-17-4-2-3-5-21(17)29-25/h2-12,15,19H,13-14H2,1H3. The summed E-state index contributed by atoms with van der Waals surface area (Å²) in [4.78, 5) is 32.1. The number of para-hydroxylation sites is 1. The fraction of sp³-hybridized carbons (Fsp3) is 0.160. The van der Waals surface area contributed by atoms with Gasteiger partial charge in [0.2, 0.25) is 5.95 Å². The van der Waals surface area contributed by atoms with Gasteiger partial charge in [-0.3, -0.25) is 14.8 Å². The highest BCUT2D eigenvalue weighted by molar-refractivity contribution is 5.91. The van der Waals surface area contributed by atoms with E-state index < -0.39 is 0 Å². The zero-order valence-electron chi connectivity index (χ0n) is 17.5. The summed E-state index contributed by atoms with van der Waals surface area (Å²) in [5, 5.41) is 2.06. The lowest BCUT2D eigenvalue weighted by molar-refractivity contribution is 0.111. The highest BCUT2D eigenvalue weighted by atomic mass is 16.1. The molecule has 0 atom stereocenters. The second kappa shape index (κ2) is 7.23. The number of hydrogen-bond acceptors (Lipinski definition) is 6. The van der Waals surface area contributed by atoms with Gasteiger partial charge in [-0.2, -0.15) is 0 Å². The van der Waals surface area contributed by atoms with Crippen LogP contribution < -0.4 is 4.90 Å². The molecular formula is C25H20N6O. The third kappa shape index (κ3) is 2.93. The van der Waals surface area contributed by atoms with Gasteiger partial charge in [0.25, 0.3) is 0 Å². The molecule has 0 saturated carbocycles. The lowest BCUT2D eigenvalue weighted by atomic mass is 9.92. The van der Waals surface area contributed by atoms with Crippen molar-refractivity contribution in [1.82, 2.24) is 24.5 Å². The summed E-state index contributed by atoms with van der Waals surface area (Å²) < 4.78 is 1.90. The molecule has 2 aromatic carbocycles. The molecule has 0 unspecified atom stereocenters. The van der Waals surface area contributed by atoms with Gasteiger partial charge >= 0.3 is 0 Å². The Bertz CT molecular complexity index is 1480. The van der Waals surface area contributed by atoms with Crippen LogP contribution in [0.4, 0.5) is 5.95 Å². The molecule has 156 valence electrons. The molecule has 1 fully saturated rings. The number of anilines is 1. The van der Waals surface area contributed by atoms with E-state index in [0.717, 1.165) is 64.1 Å². The van der Waals surface area contributed by atoms with E-state index in [2.05, 4.69) is 25.9 Å². The molecule has 5 aromatic rings. The Balaban J connectivity index is 1.30. The highest BCUT2D eigenvalue weighted by Gasteiger charge is 2.33. The van der Waals surface area contributed by atoms with Crippen LogP contribution in [0.1, 0.15) is 22.1 Å². The van der Waals surface area contributed by atoms with Gasteiger partial charge < -0.3 is 9.47 Å². The third-order valence-electron chi connectivity index (χ3n) is 6.23. The van der Waals surface area contributed by atoms with Gasteiger partial charge in [-0.25, -0.2) is 9.97 Å². The molecule has 0 spiro atoms. The summed E-state index contributed by atoms with van der Waals surface area (Å²) in [6, 6.07) is 16.1. The molecule has 1 aliphatic heterocycles. The van der Waals surface area contributed by atoms with Crippen molar-refractivity contribution in [2.45, 2.75) is 5.92 Å². The topological polar surface area (TPSA) is 76.8 Å². The quantitative estimate of drug-likeness (QED) is 0.409. The first-order chi connectivity index (χ1) is 15.7. The highest BCUT2D eigenvalue weighted by Crippen LogP contribution is 2.35. The van der Waals surface area contributed by atoms with E-state index in [-0.39, 0.29) is 5.92 Å². The molecule has 7 nitrogen and oxygen atoms in total. The van der Waals surface area contributed by atoms with E-state index in [4.69, 9.17) is 4.98 Å². The van der Waals surface area contributed by atoms with Gasteiger partial charge in [0, 0.05) is 66.5 Å². The van der Waals surface area contributed by atoms with E-state index in [1.54, 1.807) is 12.4 Å². The van der Waals surface area contributed by atoms with Gasteiger partial charge in [-0.15, -0.1) is 0 Å². The number of aldehydes is 1. The van der Waals surface area contributed by atoms with E-state index in [0.29, 0.717) is 5.69 Å². The van der Waals surface area contributed by atoms with Crippen LogP contribution in [0.25, 0.3) is 33.1 Å². The van der Waals surface area contributed by atoms with Crippen LogP contribution in [0.15, 0.2) is 67.1 Å². The summed E-state index contributed by atoms with van der Waals surface area (Å²) in [5.74, 6) is 1.00. The lowest BCUT2D eigenvalue weighted by Gasteiger charge is -2.39. The van der Waals surface area contributed by atoms with Crippen LogP contribution in [-0.2, 0) is 7.05 Å². The van der Waals surface area contributed by atoms with Crippen molar-refractivity contribution in [3.05, 3.63) is 78.5 Å². The largest absolute Gasteiger partial charge is 0.341 e. The first-order valence-corrected chi connectivity index (χ1v) is 10.5. The summed E-state index contributed by atoms with van der Waals surface area (Å²) in [6.07, 6.45) is 6.24. The van der Waals surface area contributed by atoms with Crippen LogP contribution in [0.3, 0.4) is 0 Å². The Morgan fingerprint density at radius 2 is 1.81 bits per heavy atom.